The molecule has 0 saturated carbocycles. The Balaban J connectivity index is 0.000000354. The monoisotopic (exact) mass is 305 g/mol. The maximum atomic E-state index is 11.9. The molecule has 0 aliphatic carbocycles. The highest BCUT2D eigenvalue weighted by molar-refractivity contribution is 5.12. The van der Waals surface area contributed by atoms with Gasteiger partial charge in [-0.1, -0.05) is 19.9 Å². The molecule has 122 valence electrons. The summed E-state index contributed by atoms with van der Waals surface area (Å²) in [6, 6.07) is 3.81. The number of likely N-dealkylation sites (N-methyl/N-ethyl adjacent to an activating group) is 2. The summed E-state index contributed by atoms with van der Waals surface area (Å²) in [6.07, 6.45) is -4.33. The average Bonchev–Trinajstić information content (AvgIpc) is 2.44. The fourth-order valence-electron chi connectivity index (χ4n) is 1.61. The van der Waals surface area contributed by atoms with Crippen molar-refractivity contribution in [2.75, 3.05) is 40.3 Å². The van der Waals surface area contributed by atoms with E-state index in [0.717, 1.165) is 6.07 Å². The standard InChI is InChI=1S/C7H6F3N.C6H14N2.C2H6/c1-5-3-2-4-6(11-5)7(8,9)10;1-7-3-5-8(2)6-4-7;1-2/h2-4H,1H3;3-6H2,1-2H3;1-2H3. The SMILES string of the molecule is CC.CN1CCN(C)CC1.Cc1cccc(C(F)(F)F)n1. The van der Waals surface area contributed by atoms with Crippen LogP contribution in [-0.2, 0) is 6.18 Å². The summed E-state index contributed by atoms with van der Waals surface area (Å²) in [5.74, 6) is 0. The number of nitrogens with zero attached hydrogens (tertiary/aromatic N) is 3. The van der Waals surface area contributed by atoms with Gasteiger partial charge in [0.1, 0.15) is 5.69 Å². The first kappa shape index (κ1) is 19.9. The van der Waals surface area contributed by atoms with Crippen molar-refractivity contribution in [3.63, 3.8) is 0 Å². The molecule has 0 aromatic carbocycles. The molecule has 6 heteroatoms. The van der Waals surface area contributed by atoms with Gasteiger partial charge in [0.15, 0.2) is 0 Å². The summed E-state index contributed by atoms with van der Waals surface area (Å²) < 4.78 is 35.7. The van der Waals surface area contributed by atoms with Gasteiger partial charge in [-0.3, -0.25) is 0 Å². The number of aromatic nitrogens is 1. The number of alkyl halides is 3. The zero-order chi connectivity index (χ0) is 16.5. The molecule has 1 saturated heterocycles. The van der Waals surface area contributed by atoms with Gasteiger partial charge >= 0.3 is 6.18 Å². The molecule has 0 spiro atoms. The molecule has 1 aromatic heterocycles. The molecular weight excluding hydrogens is 279 g/mol. The van der Waals surface area contributed by atoms with E-state index >= 15 is 0 Å². The summed E-state index contributed by atoms with van der Waals surface area (Å²) in [5, 5.41) is 0. The van der Waals surface area contributed by atoms with Gasteiger partial charge < -0.3 is 9.80 Å². The van der Waals surface area contributed by atoms with Crippen molar-refractivity contribution in [2.45, 2.75) is 26.9 Å². The number of rotatable bonds is 0. The second-order valence-corrected chi connectivity index (χ2v) is 4.77. The number of aryl methyl sites for hydroxylation is 1. The molecule has 0 bridgehead atoms. The molecule has 0 N–H and O–H groups in total. The van der Waals surface area contributed by atoms with Crippen LogP contribution in [-0.4, -0.2) is 55.1 Å². The van der Waals surface area contributed by atoms with E-state index in [1.807, 2.05) is 13.8 Å². The molecule has 1 aromatic rings. The van der Waals surface area contributed by atoms with E-state index in [2.05, 4.69) is 28.9 Å². The predicted octanol–water partition coefficient (Wildman–Crippen LogP) is 3.30. The highest BCUT2D eigenvalue weighted by Gasteiger charge is 2.31. The van der Waals surface area contributed by atoms with E-state index in [9.17, 15) is 13.2 Å². The summed E-state index contributed by atoms with van der Waals surface area (Å²) >= 11 is 0. The quantitative estimate of drug-likeness (QED) is 0.733. The molecule has 2 rings (SSSR count). The third-order valence-electron chi connectivity index (χ3n) is 2.91. The molecule has 0 radical (unpaired) electrons. The minimum absolute atomic E-state index is 0.375. The Bertz CT molecular complexity index is 376. The zero-order valence-corrected chi connectivity index (χ0v) is 13.5. The van der Waals surface area contributed by atoms with E-state index in [1.165, 1.54) is 45.2 Å². The van der Waals surface area contributed by atoms with Crippen molar-refractivity contribution in [2.24, 2.45) is 0 Å². The van der Waals surface area contributed by atoms with Crippen LogP contribution in [0.1, 0.15) is 25.2 Å². The van der Waals surface area contributed by atoms with E-state index in [0.29, 0.717) is 5.69 Å². The number of halogens is 3. The molecular formula is C15H26F3N3. The van der Waals surface area contributed by atoms with E-state index < -0.39 is 11.9 Å². The number of piperazine rings is 1. The number of hydrogen-bond acceptors (Lipinski definition) is 3. The summed E-state index contributed by atoms with van der Waals surface area (Å²) in [5.41, 5.74) is -0.461. The second-order valence-electron chi connectivity index (χ2n) is 4.77. The predicted molar refractivity (Wildman–Crippen MR) is 80.3 cm³/mol. The first-order valence-corrected chi connectivity index (χ1v) is 7.17. The minimum atomic E-state index is -4.33. The van der Waals surface area contributed by atoms with Crippen molar-refractivity contribution >= 4 is 0 Å². The van der Waals surface area contributed by atoms with Crippen LogP contribution in [0, 0.1) is 6.92 Å². The van der Waals surface area contributed by atoms with Gasteiger partial charge in [-0.25, -0.2) is 4.98 Å². The van der Waals surface area contributed by atoms with Crippen LogP contribution in [0.25, 0.3) is 0 Å². The molecule has 0 amide bonds. The van der Waals surface area contributed by atoms with Gasteiger partial charge in [0.2, 0.25) is 0 Å². The minimum Gasteiger partial charge on any atom is -0.304 e. The first-order chi connectivity index (χ1) is 9.79. The highest BCUT2D eigenvalue weighted by Crippen LogP contribution is 2.27. The maximum absolute atomic E-state index is 11.9. The highest BCUT2D eigenvalue weighted by atomic mass is 19.4. The van der Waals surface area contributed by atoms with Crippen LogP contribution in [0.4, 0.5) is 13.2 Å². The van der Waals surface area contributed by atoms with Crippen LogP contribution in [0.5, 0.6) is 0 Å². The lowest BCUT2D eigenvalue weighted by atomic mass is 10.3. The first-order valence-electron chi connectivity index (χ1n) is 7.17. The zero-order valence-electron chi connectivity index (χ0n) is 13.5. The number of hydrogen-bond donors (Lipinski definition) is 0. The fourth-order valence-corrected chi connectivity index (χ4v) is 1.61. The normalized spacial score (nSPS) is 16.4. The molecule has 0 unspecified atom stereocenters. The smallest absolute Gasteiger partial charge is 0.304 e. The van der Waals surface area contributed by atoms with Gasteiger partial charge in [-0.2, -0.15) is 13.2 Å². The summed E-state index contributed by atoms with van der Waals surface area (Å²) in [4.78, 5) is 8.04. The Morgan fingerprint density at radius 2 is 1.38 bits per heavy atom. The van der Waals surface area contributed by atoms with Crippen molar-refractivity contribution in [1.82, 2.24) is 14.8 Å². The summed E-state index contributed by atoms with van der Waals surface area (Å²) in [7, 11) is 4.35. The van der Waals surface area contributed by atoms with E-state index in [1.54, 1.807) is 0 Å². The third-order valence-corrected chi connectivity index (χ3v) is 2.91. The van der Waals surface area contributed by atoms with Crippen molar-refractivity contribution in [1.29, 1.82) is 0 Å². The lowest BCUT2D eigenvalue weighted by Crippen LogP contribution is -2.42. The van der Waals surface area contributed by atoms with Gasteiger partial charge in [0, 0.05) is 31.9 Å². The van der Waals surface area contributed by atoms with Crippen LogP contribution >= 0.6 is 0 Å². The largest absolute Gasteiger partial charge is 0.433 e. The van der Waals surface area contributed by atoms with Gasteiger partial charge in [0.25, 0.3) is 0 Å². The maximum Gasteiger partial charge on any atom is 0.433 e. The van der Waals surface area contributed by atoms with E-state index in [4.69, 9.17) is 0 Å². The Labute approximate surface area is 125 Å². The Morgan fingerprint density at radius 1 is 0.952 bits per heavy atom. The summed E-state index contributed by atoms with van der Waals surface area (Å²) in [6.45, 7) is 10.5. The average molecular weight is 305 g/mol. The van der Waals surface area contributed by atoms with Crippen molar-refractivity contribution < 1.29 is 13.2 Å². The van der Waals surface area contributed by atoms with Crippen LogP contribution in [0.3, 0.4) is 0 Å². The molecule has 1 aliphatic rings. The fraction of sp³-hybridized carbons (Fsp3) is 0.667. The number of pyridine rings is 1. The Morgan fingerprint density at radius 3 is 1.67 bits per heavy atom. The molecule has 0 atom stereocenters. The van der Waals surface area contributed by atoms with Crippen LogP contribution in [0.2, 0.25) is 0 Å². The van der Waals surface area contributed by atoms with Gasteiger partial charge in [-0.15, -0.1) is 0 Å². The van der Waals surface area contributed by atoms with E-state index in [-0.39, 0.29) is 0 Å². The Hall–Kier alpha value is -1.14. The molecule has 3 nitrogen and oxygen atoms in total. The second kappa shape index (κ2) is 9.73. The third kappa shape index (κ3) is 8.67. The van der Waals surface area contributed by atoms with Crippen LogP contribution < -0.4 is 0 Å². The topological polar surface area (TPSA) is 19.4 Å². The van der Waals surface area contributed by atoms with Crippen molar-refractivity contribution in [3.05, 3.63) is 29.6 Å². The Kier molecular flexibility index (Phi) is 9.21. The lowest BCUT2D eigenvalue weighted by Gasteiger charge is -2.28. The van der Waals surface area contributed by atoms with Crippen molar-refractivity contribution in [3.8, 4) is 0 Å². The molecule has 1 fully saturated rings. The molecule has 21 heavy (non-hydrogen) atoms. The molecule has 2 heterocycles. The van der Waals surface area contributed by atoms with Crippen LogP contribution in [0.15, 0.2) is 18.2 Å². The van der Waals surface area contributed by atoms with Gasteiger partial charge in [0.05, 0.1) is 0 Å². The lowest BCUT2D eigenvalue weighted by molar-refractivity contribution is -0.141. The van der Waals surface area contributed by atoms with Gasteiger partial charge in [-0.05, 0) is 33.2 Å². The molecule has 1 aliphatic heterocycles.